The van der Waals surface area contributed by atoms with E-state index in [9.17, 15) is 29.1 Å². The molecule has 2 atom stereocenters. The van der Waals surface area contributed by atoms with Crippen LogP contribution in [0, 0.1) is 0 Å². The van der Waals surface area contributed by atoms with Gasteiger partial charge in [0.2, 0.25) is 11.5 Å². The van der Waals surface area contributed by atoms with E-state index in [1.54, 1.807) is 0 Å². The van der Waals surface area contributed by atoms with Crippen molar-refractivity contribution in [1.82, 2.24) is 10.2 Å². The van der Waals surface area contributed by atoms with E-state index in [2.05, 4.69) is 20.0 Å². The van der Waals surface area contributed by atoms with Gasteiger partial charge in [-0.2, -0.15) is 0 Å². The second kappa shape index (κ2) is 8.93. The van der Waals surface area contributed by atoms with Gasteiger partial charge in [0.15, 0.2) is 0 Å². The first-order valence-electron chi connectivity index (χ1n) is 7.56. The average molecular weight is 435 g/mol. The Labute approximate surface area is 167 Å². The lowest BCUT2D eigenvalue weighted by molar-refractivity contribution is -0.150. The Morgan fingerprint density at radius 1 is 1.43 bits per heavy atom. The molecule has 12 nitrogen and oxygen atoms in total. The molecule has 2 heterocycles. The molecule has 0 aliphatic carbocycles. The predicted molar refractivity (Wildman–Crippen MR) is 95.4 cm³/mol. The molecule has 4 N–H and O–H groups in total. The van der Waals surface area contributed by atoms with Crippen molar-refractivity contribution in [2.75, 3.05) is 25.3 Å². The van der Waals surface area contributed by atoms with Crippen molar-refractivity contribution >= 4 is 58.7 Å². The number of carbonyl (C=O) groups excluding carboxylic acids is 4. The van der Waals surface area contributed by atoms with Gasteiger partial charge in [0, 0.05) is 11.3 Å². The summed E-state index contributed by atoms with van der Waals surface area (Å²) < 4.78 is 4.61. The number of hydrogen-bond donors (Lipinski definition) is 3. The number of oxime groups is 1. The summed E-state index contributed by atoms with van der Waals surface area (Å²) in [7, 11) is 1.13. The van der Waals surface area contributed by atoms with E-state index in [4.69, 9.17) is 17.3 Å². The fourth-order valence-electron chi connectivity index (χ4n) is 2.54. The maximum absolute atomic E-state index is 12.4. The molecule has 1 saturated heterocycles. The number of ether oxygens (including phenoxy) is 1. The summed E-state index contributed by atoms with van der Waals surface area (Å²) in [5.41, 5.74) is 4.10. The molecule has 0 aromatic heterocycles. The van der Waals surface area contributed by atoms with Gasteiger partial charge < -0.3 is 25.7 Å². The normalized spacial score (nSPS) is 21.4. The monoisotopic (exact) mass is 434 g/mol. The molecule has 0 saturated carbocycles. The highest BCUT2D eigenvalue weighted by Gasteiger charge is 2.54. The number of nitrogens with two attached hydrogens (primary N) is 1. The van der Waals surface area contributed by atoms with Gasteiger partial charge in [0.25, 0.3) is 11.8 Å². The van der Waals surface area contributed by atoms with E-state index in [1.807, 2.05) is 0 Å². The molecule has 2 aliphatic rings. The molecule has 0 spiro atoms. The molecular weight excluding hydrogens is 420 g/mol. The van der Waals surface area contributed by atoms with Gasteiger partial charge in [-0.3, -0.25) is 19.3 Å². The topological polar surface area (TPSA) is 178 Å². The number of β-lactam (4-membered cyclic amide) rings is 1. The van der Waals surface area contributed by atoms with Gasteiger partial charge >= 0.3 is 12.1 Å². The lowest BCUT2D eigenvalue weighted by atomic mass is 10.0. The third kappa shape index (κ3) is 4.20. The van der Waals surface area contributed by atoms with E-state index in [0.29, 0.717) is 0 Å². The Bertz CT molecular complexity index is 798. The number of Topliss-reactive ketones (excluding diaryl/α,β-unsaturated/α-hetero) is 1. The lowest BCUT2D eigenvalue weighted by Crippen LogP contribution is -2.71. The fourth-order valence-corrected chi connectivity index (χ4v) is 3.99. The molecule has 14 heteroatoms. The van der Waals surface area contributed by atoms with Crippen LogP contribution in [0.4, 0.5) is 4.79 Å². The van der Waals surface area contributed by atoms with Crippen LogP contribution in [0.2, 0.25) is 0 Å². The van der Waals surface area contributed by atoms with Crippen LogP contribution in [0.3, 0.4) is 0 Å². The number of primary amides is 1. The Hall–Kier alpha value is -2.80. The molecule has 3 amide bonds. The van der Waals surface area contributed by atoms with Crippen molar-refractivity contribution in [2.45, 2.75) is 11.4 Å². The zero-order valence-electron chi connectivity index (χ0n) is 14.3. The number of nitrogens with one attached hydrogen (secondary N) is 1. The van der Waals surface area contributed by atoms with E-state index >= 15 is 0 Å². The number of nitrogens with zero attached hydrogens (tertiary/aromatic N) is 2. The van der Waals surface area contributed by atoms with Crippen LogP contribution in [0.25, 0.3) is 0 Å². The minimum absolute atomic E-state index is 0.120. The van der Waals surface area contributed by atoms with Crippen molar-refractivity contribution in [3.63, 3.8) is 0 Å². The van der Waals surface area contributed by atoms with Gasteiger partial charge in [-0.05, 0) is 0 Å². The number of amides is 3. The van der Waals surface area contributed by atoms with Crippen LogP contribution in [-0.2, 0) is 28.8 Å². The molecule has 0 aromatic carbocycles. The maximum Gasteiger partial charge on any atom is 0.404 e. The molecule has 0 radical (unpaired) electrons. The number of carboxylic acids is 1. The van der Waals surface area contributed by atoms with Crippen LogP contribution in [-0.4, -0.2) is 82.1 Å². The Morgan fingerprint density at radius 3 is 2.64 bits per heavy atom. The van der Waals surface area contributed by atoms with Crippen molar-refractivity contribution in [2.24, 2.45) is 10.9 Å². The molecule has 152 valence electrons. The van der Waals surface area contributed by atoms with E-state index in [1.165, 1.54) is 0 Å². The number of hydrogen-bond acceptors (Lipinski definition) is 9. The number of rotatable bonds is 8. The Morgan fingerprint density at radius 2 is 2.11 bits per heavy atom. The van der Waals surface area contributed by atoms with Gasteiger partial charge in [-0.25, -0.2) is 9.59 Å². The average Bonchev–Trinajstić information content (AvgIpc) is 2.66. The van der Waals surface area contributed by atoms with E-state index < -0.39 is 52.7 Å². The number of carbonyl (C=O) groups is 5. The maximum atomic E-state index is 12.4. The third-order valence-electron chi connectivity index (χ3n) is 3.71. The molecule has 2 aliphatic heterocycles. The molecule has 1 unspecified atom stereocenters. The van der Waals surface area contributed by atoms with Crippen molar-refractivity contribution in [1.29, 1.82) is 0 Å². The summed E-state index contributed by atoms with van der Waals surface area (Å²) in [5.74, 6) is -4.30. The van der Waals surface area contributed by atoms with E-state index in [-0.39, 0.29) is 23.6 Å². The number of halogens is 1. The SMILES string of the molecule is CON=C(C(=O)CCl)C(=O)NC1C(=O)N2C(C(=O)O)=C(COC(N)=O)CS[C@H]12. The van der Waals surface area contributed by atoms with Gasteiger partial charge in [-0.1, -0.05) is 5.16 Å². The summed E-state index contributed by atoms with van der Waals surface area (Å²) in [6, 6.07) is -1.09. The fraction of sp³-hybridized carbons (Fsp3) is 0.429. The Balaban J connectivity index is 2.18. The number of carboxylic acid groups (broad SMARTS) is 1. The first-order chi connectivity index (χ1) is 13.2. The quantitative estimate of drug-likeness (QED) is 0.137. The minimum atomic E-state index is -1.40. The molecule has 0 bridgehead atoms. The number of thioether (sulfide) groups is 1. The summed E-state index contributed by atoms with van der Waals surface area (Å²) in [4.78, 5) is 64.1. The summed E-state index contributed by atoms with van der Waals surface area (Å²) >= 11 is 6.55. The van der Waals surface area contributed by atoms with Crippen LogP contribution in [0.1, 0.15) is 0 Å². The number of ketones is 1. The summed E-state index contributed by atoms with van der Waals surface area (Å²) in [5, 5.41) is 14.3. The highest BCUT2D eigenvalue weighted by molar-refractivity contribution is 8.00. The first-order valence-corrected chi connectivity index (χ1v) is 9.14. The lowest BCUT2D eigenvalue weighted by Gasteiger charge is -2.49. The van der Waals surface area contributed by atoms with Gasteiger partial charge in [0.1, 0.15) is 30.8 Å². The molecule has 28 heavy (non-hydrogen) atoms. The second-order valence-corrected chi connectivity index (χ2v) is 6.78. The van der Waals surface area contributed by atoms with Gasteiger partial charge in [-0.15, -0.1) is 23.4 Å². The van der Waals surface area contributed by atoms with Gasteiger partial charge in [0.05, 0.1) is 5.88 Å². The van der Waals surface area contributed by atoms with E-state index in [0.717, 1.165) is 23.8 Å². The van der Waals surface area contributed by atoms with Crippen molar-refractivity contribution in [3.8, 4) is 0 Å². The largest absolute Gasteiger partial charge is 0.477 e. The summed E-state index contributed by atoms with van der Waals surface area (Å²) in [6.07, 6.45) is -1.08. The third-order valence-corrected chi connectivity index (χ3v) is 5.29. The van der Waals surface area contributed by atoms with Crippen LogP contribution in [0.5, 0.6) is 0 Å². The number of alkyl halides is 1. The van der Waals surface area contributed by atoms with Crippen LogP contribution in [0.15, 0.2) is 16.4 Å². The minimum Gasteiger partial charge on any atom is -0.477 e. The molecule has 0 aromatic rings. The smallest absolute Gasteiger partial charge is 0.404 e. The number of fused-ring (bicyclic) bond motifs is 1. The zero-order chi connectivity index (χ0) is 21.0. The second-order valence-electron chi connectivity index (χ2n) is 5.41. The number of aliphatic carboxylic acids is 1. The van der Waals surface area contributed by atoms with Crippen molar-refractivity contribution in [3.05, 3.63) is 11.3 Å². The molecule has 2 rings (SSSR count). The summed E-state index contributed by atoms with van der Waals surface area (Å²) in [6.45, 7) is -0.383. The highest BCUT2D eigenvalue weighted by atomic mass is 35.5. The van der Waals surface area contributed by atoms with Crippen molar-refractivity contribution < 1.29 is 38.7 Å². The molecular formula is C14H15ClN4O8S. The van der Waals surface area contributed by atoms with Crippen LogP contribution >= 0.6 is 23.4 Å². The Kier molecular flexibility index (Phi) is 6.85. The molecule has 1 fully saturated rings. The zero-order valence-corrected chi connectivity index (χ0v) is 15.9. The first kappa shape index (κ1) is 21.5. The standard InChI is InChI=1S/C14H15ClN4O8S/c1-26-18-7(6(20)2-15)10(21)17-8-11(22)19-9(13(23)24)5(3-27-14(16)25)4-28-12(8)19/h8,12H,2-4H2,1H3,(H2,16,25)(H,17,21)(H,23,24)/t8?,12-/m1/s1. The van der Waals surface area contributed by atoms with Crippen LogP contribution < -0.4 is 11.1 Å². The highest BCUT2D eigenvalue weighted by Crippen LogP contribution is 2.40. The predicted octanol–water partition coefficient (Wildman–Crippen LogP) is -1.37.